The Kier molecular flexibility index (Phi) is 9.18. The number of ether oxygens (including phenoxy) is 1. The molecule has 0 aromatic carbocycles. The molecule has 3 aliphatic rings. The number of hydrogen-bond acceptors (Lipinski definition) is 6. The first-order valence-corrected chi connectivity index (χ1v) is 13.5. The monoisotopic (exact) mass is 499 g/mol. The highest BCUT2D eigenvalue weighted by Crippen LogP contribution is 2.32. The molecule has 4 heterocycles. The van der Waals surface area contributed by atoms with Crippen LogP contribution in [0.5, 0.6) is 5.88 Å². The Morgan fingerprint density at radius 3 is 2.81 bits per heavy atom. The summed E-state index contributed by atoms with van der Waals surface area (Å²) in [7, 11) is 0. The zero-order valence-electron chi connectivity index (χ0n) is 21.6. The lowest BCUT2D eigenvalue weighted by atomic mass is 9.79. The van der Waals surface area contributed by atoms with Crippen LogP contribution >= 0.6 is 0 Å². The molecule has 36 heavy (non-hydrogen) atoms. The van der Waals surface area contributed by atoms with Gasteiger partial charge >= 0.3 is 0 Å². The molecule has 3 aliphatic heterocycles. The van der Waals surface area contributed by atoms with E-state index in [1.165, 1.54) is 0 Å². The summed E-state index contributed by atoms with van der Waals surface area (Å²) in [6, 6.07) is 5.35. The Hall–Kier alpha value is -2.68. The fraction of sp³-hybridized carbons (Fsp3) is 0.704. The van der Waals surface area contributed by atoms with E-state index >= 15 is 0 Å². The second kappa shape index (κ2) is 12.5. The zero-order chi connectivity index (χ0) is 25.5. The summed E-state index contributed by atoms with van der Waals surface area (Å²) < 4.78 is 5.93. The molecular formula is C27H41N5O4. The topological polar surface area (TPSA) is 113 Å². The van der Waals surface area contributed by atoms with Gasteiger partial charge in [0.1, 0.15) is 5.69 Å². The van der Waals surface area contributed by atoms with Gasteiger partial charge in [0.05, 0.1) is 6.61 Å². The van der Waals surface area contributed by atoms with Gasteiger partial charge < -0.3 is 25.6 Å². The average Bonchev–Trinajstić information content (AvgIpc) is 2.85. The molecule has 4 rings (SSSR count). The van der Waals surface area contributed by atoms with Crippen molar-refractivity contribution in [2.45, 2.75) is 58.4 Å². The van der Waals surface area contributed by atoms with Crippen LogP contribution in [0.1, 0.15) is 62.9 Å². The predicted octanol–water partition coefficient (Wildman–Crippen LogP) is 1.98. The molecule has 3 amide bonds. The number of pyridine rings is 1. The third-order valence-corrected chi connectivity index (χ3v) is 7.84. The molecular weight excluding hydrogens is 458 g/mol. The predicted molar refractivity (Wildman–Crippen MR) is 136 cm³/mol. The smallest absolute Gasteiger partial charge is 0.270 e. The Labute approximate surface area is 214 Å². The molecule has 1 aromatic heterocycles. The van der Waals surface area contributed by atoms with E-state index < -0.39 is 0 Å². The number of rotatable bonds is 3. The number of amides is 3. The van der Waals surface area contributed by atoms with Gasteiger partial charge in [0.2, 0.25) is 17.7 Å². The molecule has 0 unspecified atom stereocenters. The molecule has 9 nitrogen and oxygen atoms in total. The van der Waals surface area contributed by atoms with Gasteiger partial charge in [-0.1, -0.05) is 6.07 Å². The van der Waals surface area contributed by atoms with E-state index in [0.717, 1.165) is 38.8 Å². The van der Waals surface area contributed by atoms with Crippen LogP contribution < -0.4 is 20.7 Å². The normalized spacial score (nSPS) is 27.9. The highest BCUT2D eigenvalue weighted by atomic mass is 16.5. The number of nitrogens with one attached hydrogen (secondary N) is 3. The van der Waals surface area contributed by atoms with Crippen LogP contribution in [-0.4, -0.2) is 73.0 Å². The van der Waals surface area contributed by atoms with Crippen LogP contribution in [0.4, 0.5) is 0 Å². The van der Waals surface area contributed by atoms with Crippen molar-refractivity contribution >= 4 is 17.7 Å². The molecule has 0 aliphatic carbocycles. The summed E-state index contributed by atoms with van der Waals surface area (Å²) >= 11 is 0. The number of fused-ring (bicyclic) bond motifs is 5. The van der Waals surface area contributed by atoms with E-state index in [1.807, 2.05) is 18.7 Å². The average molecular weight is 500 g/mol. The lowest BCUT2D eigenvalue weighted by Gasteiger charge is -2.40. The molecule has 4 bridgehead atoms. The third kappa shape index (κ3) is 7.18. The maximum atomic E-state index is 13.4. The van der Waals surface area contributed by atoms with Crippen LogP contribution in [-0.2, 0) is 9.59 Å². The van der Waals surface area contributed by atoms with E-state index in [1.54, 1.807) is 18.2 Å². The van der Waals surface area contributed by atoms with Crippen LogP contribution in [0.2, 0.25) is 0 Å². The van der Waals surface area contributed by atoms with E-state index in [0.29, 0.717) is 62.5 Å². The maximum Gasteiger partial charge on any atom is 0.270 e. The van der Waals surface area contributed by atoms with Crippen molar-refractivity contribution in [3.05, 3.63) is 23.9 Å². The summed E-state index contributed by atoms with van der Waals surface area (Å²) in [4.78, 5) is 45.0. The van der Waals surface area contributed by atoms with E-state index in [9.17, 15) is 14.4 Å². The fourth-order valence-electron chi connectivity index (χ4n) is 5.86. The van der Waals surface area contributed by atoms with E-state index in [2.05, 4.69) is 20.9 Å². The Morgan fingerprint density at radius 1 is 1.14 bits per heavy atom. The molecule has 1 aromatic rings. The molecule has 0 saturated carbocycles. The summed E-state index contributed by atoms with van der Waals surface area (Å²) in [6.07, 6.45) is 4.35. The van der Waals surface area contributed by atoms with Crippen molar-refractivity contribution < 1.29 is 19.1 Å². The number of piperidine rings is 2. The first kappa shape index (κ1) is 26.4. The van der Waals surface area contributed by atoms with Crippen LogP contribution in [0.3, 0.4) is 0 Å². The van der Waals surface area contributed by atoms with Crippen molar-refractivity contribution in [3.63, 3.8) is 0 Å². The van der Waals surface area contributed by atoms with E-state index in [4.69, 9.17) is 4.74 Å². The van der Waals surface area contributed by atoms with Crippen molar-refractivity contribution in [2.24, 2.45) is 23.7 Å². The van der Waals surface area contributed by atoms with Crippen LogP contribution in [0, 0.1) is 23.7 Å². The standard InChI is InChI=1S/C27H41N5O4/c1-18(2)30-24(33)14-20-8-12-32-17-22(20)9-13-36-25-5-3-4-23(31-25)27(35)29-11-7-21-16-28-10-6-19(21)15-26(32)34/h3-5,18-22,28H,6-17H2,1-2H3,(H,29,35)(H,30,33)/t19-,20-,21-,22-/m0/s1. The summed E-state index contributed by atoms with van der Waals surface area (Å²) in [5.74, 6) is 1.52. The van der Waals surface area contributed by atoms with Gasteiger partial charge in [0, 0.05) is 44.6 Å². The maximum absolute atomic E-state index is 13.4. The largest absolute Gasteiger partial charge is 0.478 e. The zero-order valence-corrected chi connectivity index (χ0v) is 21.6. The summed E-state index contributed by atoms with van der Waals surface area (Å²) in [5.41, 5.74) is 0.345. The van der Waals surface area contributed by atoms with Crippen molar-refractivity contribution in [2.75, 3.05) is 39.3 Å². The minimum Gasteiger partial charge on any atom is -0.478 e. The minimum absolute atomic E-state index is 0.0667. The van der Waals surface area contributed by atoms with Crippen LogP contribution in [0.25, 0.3) is 0 Å². The lowest BCUT2D eigenvalue weighted by molar-refractivity contribution is -0.136. The molecule has 4 atom stereocenters. The molecule has 2 saturated heterocycles. The first-order chi connectivity index (χ1) is 17.4. The molecule has 0 spiro atoms. The summed E-state index contributed by atoms with van der Waals surface area (Å²) in [6.45, 7) is 8.05. The van der Waals surface area contributed by atoms with Crippen molar-refractivity contribution in [3.8, 4) is 5.88 Å². The van der Waals surface area contributed by atoms with Crippen molar-refractivity contribution in [1.82, 2.24) is 25.8 Å². The Morgan fingerprint density at radius 2 is 1.97 bits per heavy atom. The number of hydrogen-bond donors (Lipinski definition) is 3. The highest BCUT2D eigenvalue weighted by Gasteiger charge is 2.35. The van der Waals surface area contributed by atoms with Gasteiger partial charge in [-0.25, -0.2) is 4.98 Å². The molecule has 0 radical (unpaired) electrons. The summed E-state index contributed by atoms with van der Waals surface area (Å²) in [5, 5.41) is 9.45. The SMILES string of the molecule is CC(C)NC(=O)C[C@@H]1CCN2C[C@@H]1CCOc1cccc(n1)C(=O)NCC[C@H]1CNCC[C@H]1CC2=O. The Balaban J connectivity index is 1.51. The van der Waals surface area contributed by atoms with E-state index in [-0.39, 0.29) is 35.6 Å². The van der Waals surface area contributed by atoms with Gasteiger partial charge in [0.15, 0.2) is 0 Å². The fourth-order valence-corrected chi connectivity index (χ4v) is 5.86. The minimum atomic E-state index is -0.209. The number of carbonyl (C=O) groups is 3. The molecule has 3 N–H and O–H groups in total. The van der Waals surface area contributed by atoms with Gasteiger partial charge in [-0.2, -0.15) is 0 Å². The van der Waals surface area contributed by atoms with Gasteiger partial charge in [-0.3, -0.25) is 14.4 Å². The molecule has 9 heteroatoms. The number of carbonyl (C=O) groups excluding carboxylic acids is 3. The van der Waals surface area contributed by atoms with Crippen LogP contribution in [0.15, 0.2) is 18.2 Å². The number of nitrogens with zero attached hydrogens (tertiary/aromatic N) is 2. The molecule has 198 valence electrons. The van der Waals surface area contributed by atoms with Gasteiger partial charge in [0.25, 0.3) is 5.91 Å². The number of aromatic nitrogens is 1. The molecule has 2 fully saturated rings. The second-order valence-electron chi connectivity index (χ2n) is 10.8. The van der Waals surface area contributed by atoms with Crippen molar-refractivity contribution in [1.29, 1.82) is 0 Å². The first-order valence-electron chi connectivity index (χ1n) is 13.5. The second-order valence-corrected chi connectivity index (χ2v) is 10.8. The Bertz CT molecular complexity index is 923. The highest BCUT2D eigenvalue weighted by molar-refractivity contribution is 5.92. The van der Waals surface area contributed by atoms with Gasteiger partial charge in [-0.05, 0) is 82.4 Å². The quantitative estimate of drug-likeness (QED) is 0.586. The van der Waals surface area contributed by atoms with Gasteiger partial charge in [-0.15, -0.1) is 0 Å². The third-order valence-electron chi connectivity index (χ3n) is 7.84. The lowest BCUT2D eigenvalue weighted by Crippen LogP contribution is -2.47.